The summed E-state index contributed by atoms with van der Waals surface area (Å²) < 4.78 is 24.7. The van der Waals surface area contributed by atoms with Gasteiger partial charge in [0.15, 0.2) is 5.43 Å². The van der Waals surface area contributed by atoms with Crippen molar-refractivity contribution in [1.29, 1.82) is 0 Å². The maximum Gasteiger partial charge on any atom is 0.269 e. The SMILES string of the molecule is Cc1cn2[nH]c(C(=O)NC3(C)CCS(=O)(=O)CC3)cc2cc1=O. The lowest BCUT2D eigenvalue weighted by atomic mass is 9.94. The van der Waals surface area contributed by atoms with Crippen LogP contribution in [0.4, 0.5) is 0 Å². The molecule has 1 saturated heterocycles. The first-order valence-corrected chi connectivity index (χ1v) is 9.25. The standard InChI is InChI=1S/C15H19N3O4S/c1-10-9-18-11(8-13(10)19)7-12(17-18)14(20)16-15(2)3-5-23(21,22)6-4-15/h7-9,17H,3-6H2,1-2H3,(H,16,20). The number of carbonyl (C=O) groups excluding carboxylic acids is 1. The molecule has 0 aromatic carbocycles. The second-order valence-corrected chi connectivity index (χ2v) is 8.76. The molecule has 2 aromatic heterocycles. The van der Waals surface area contributed by atoms with Gasteiger partial charge in [-0.15, -0.1) is 0 Å². The van der Waals surface area contributed by atoms with E-state index in [-0.39, 0.29) is 22.8 Å². The predicted molar refractivity (Wildman–Crippen MR) is 86.5 cm³/mol. The van der Waals surface area contributed by atoms with Gasteiger partial charge >= 0.3 is 0 Å². The molecule has 3 rings (SSSR count). The van der Waals surface area contributed by atoms with Crippen molar-refractivity contribution in [1.82, 2.24) is 14.9 Å². The van der Waals surface area contributed by atoms with Gasteiger partial charge in [-0.3, -0.25) is 19.2 Å². The van der Waals surface area contributed by atoms with Gasteiger partial charge in [0.2, 0.25) is 0 Å². The molecule has 124 valence electrons. The molecule has 0 spiro atoms. The highest BCUT2D eigenvalue weighted by molar-refractivity contribution is 7.91. The van der Waals surface area contributed by atoms with Crippen molar-refractivity contribution in [2.24, 2.45) is 0 Å². The largest absolute Gasteiger partial charge is 0.346 e. The number of hydrogen-bond donors (Lipinski definition) is 2. The molecule has 0 aliphatic carbocycles. The summed E-state index contributed by atoms with van der Waals surface area (Å²) in [7, 11) is -2.98. The van der Waals surface area contributed by atoms with Gasteiger partial charge in [0.1, 0.15) is 15.5 Å². The van der Waals surface area contributed by atoms with Crippen LogP contribution in [0.15, 0.2) is 23.1 Å². The van der Waals surface area contributed by atoms with Gasteiger partial charge in [0.05, 0.1) is 17.0 Å². The number of aromatic amines is 1. The fourth-order valence-corrected chi connectivity index (χ4v) is 4.47. The van der Waals surface area contributed by atoms with Crippen molar-refractivity contribution in [3.63, 3.8) is 0 Å². The third kappa shape index (κ3) is 3.17. The van der Waals surface area contributed by atoms with Gasteiger partial charge in [0.25, 0.3) is 5.91 Å². The van der Waals surface area contributed by atoms with Crippen molar-refractivity contribution in [3.8, 4) is 0 Å². The Morgan fingerprint density at radius 2 is 1.96 bits per heavy atom. The van der Waals surface area contributed by atoms with E-state index >= 15 is 0 Å². The minimum Gasteiger partial charge on any atom is -0.346 e. The summed E-state index contributed by atoms with van der Waals surface area (Å²) >= 11 is 0. The van der Waals surface area contributed by atoms with Crippen molar-refractivity contribution in [2.75, 3.05) is 11.5 Å². The average Bonchev–Trinajstić information content (AvgIpc) is 2.86. The van der Waals surface area contributed by atoms with Crippen LogP contribution < -0.4 is 10.7 Å². The zero-order chi connectivity index (χ0) is 16.8. The van der Waals surface area contributed by atoms with Crippen LogP contribution >= 0.6 is 0 Å². The number of rotatable bonds is 2. The van der Waals surface area contributed by atoms with Crippen molar-refractivity contribution in [3.05, 3.63) is 39.8 Å². The van der Waals surface area contributed by atoms with Crippen LogP contribution in [-0.4, -0.2) is 41.0 Å². The highest BCUT2D eigenvalue weighted by atomic mass is 32.2. The summed E-state index contributed by atoms with van der Waals surface area (Å²) in [6, 6.07) is 3.08. The fourth-order valence-electron chi connectivity index (χ4n) is 2.74. The lowest BCUT2D eigenvalue weighted by Crippen LogP contribution is -2.51. The molecule has 0 bridgehead atoms. The van der Waals surface area contributed by atoms with Crippen LogP contribution in [0.25, 0.3) is 5.52 Å². The number of carbonyl (C=O) groups is 1. The Balaban J connectivity index is 1.82. The number of nitrogens with one attached hydrogen (secondary N) is 2. The molecule has 3 heterocycles. The van der Waals surface area contributed by atoms with E-state index in [0.29, 0.717) is 29.6 Å². The Morgan fingerprint density at radius 1 is 1.30 bits per heavy atom. The first-order chi connectivity index (χ1) is 10.7. The van der Waals surface area contributed by atoms with Gasteiger partial charge < -0.3 is 5.32 Å². The molecule has 8 heteroatoms. The Bertz CT molecular complexity index is 925. The van der Waals surface area contributed by atoms with E-state index in [1.807, 2.05) is 6.92 Å². The molecule has 0 atom stereocenters. The van der Waals surface area contributed by atoms with Gasteiger partial charge in [-0.25, -0.2) is 8.42 Å². The molecule has 0 saturated carbocycles. The number of sulfone groups is 1. The zero-order valence-electron chi connectivity index (χ0n) is 13.0. The minimum absolute atomic E-state index is 0.0830. The van der Waals surface area contributed by atoms with Crippen LogP contribution in [0.5, 0.6) is 0 Å². The monoisotopic (exact) mass is 337 g/mol. The number of aryl methyl sites for hydroxylation is 1. The number of hydrogen-bond acceptors (Lipinski definition) is 4. The predicted octanol–water partition coefficient (Wildman–Crippen LogP) is 0.633. The summed E-state index contributed by atoms with van der Waals surface area (Å²) in [6.07, 6.45) is 2.44. The lowest BCUT2D eigenvalue weighted by molar-refractivity contribution is 0.0894. The summed E-state index contributed by atoms with van der Waals surface area (Å²) in [5, 5.41) is 5.85. The molecule has 1 amide bonds. The van der Waals surface area contributed by atoms with Crippen LogP contribution in [0.3, 0.4) is 0 Å². The zero-order valence-corrected chi connectivity index (χ0v) is 13.9. The van der Waals surface area contributed by atoms with E-state index in [1.54, 1.807) is 23.7 Å². The topological polar surface area (TPSA) is 101 Å². The number of amides is 1. The Hall–Kier alpha value is -2.09. The van der Waals surface area contributed by atoms with Crippen molar-refractivity contribution in [2.45, 2.75) is 32.2 Å². The van der Waals surface area contributed by atoms with Gasteiger partial charge in [0, 0.05) is 23.4 Å². The second kappa shape index (κ2) is 5.23. The van der Waals surface area contributed by atoms with E-state index in [0.717, 1.165) is 0 Å². The summed E-state index contributed by atoms with van der Waals surface area (Å²) in [5.41, 5.74) is 0.914. The fraction of sp³-hybridized carbons (Fsp3) is 0.467. The number of nitrogens with zero attached hydrogens (tertiary/aromatic N) is 1. The quantitative estimate of drug-likeness (QED) is 0.839. The molecular formula is C15H19N3O4S. The van der Waals surface area contributed by atoms with Gasteiger partial charge in [-0.2, -0.15) is 0 Å². The highest BCUT2D eigenvalue weighted by Crippen LogP contribution is 2.23. The number of aromatic nitrogens is 2. The number of pyridine rings is 1. The molecule has 1 aliphatic rings. The first-order valence-electron chi connectivity index (χ1n) is 7.42. The Morgan fingerprint density at radius 3 is 2.61 bits per heavy atom. The molecule has 2 N–H and O–H groups in total. The van der Waals surface area contributed by atoms with Crippen molar-refractivity contribution >= 4 is 21.3 Å². The third-order valence-corrected chi connectivity index (χ3v) is 6.04. The van der Waals surface area contributed by atoms with E-state index in [4.69, 9.17) is 0 Å². The first kappa shape index (κ1) is 15.8. The summed E-state index contributed by atoms with van der Waals surface area (Å²) in [4.78, 5) is 24.1. The molecule has 1 fully saturated rings. The van der Waals surface area contributed by atoms with E-state index < -0.39 is 15.4 Å². The van der Waals surface area contributed by atoms with Crippen LogP contribution in [-0.2, 0) is 9.84 Å². The van der Waals surface area contributed by atoms with E-state index in [9.17, 15) is 18.0 Å². The molecule has 2 aromatic rings. The normalized spacial score (nSPS) is 19.6. The Labute approximate surface area is 133 Å². The maximum atomic E-state index is 12.4. The highest BCUT2D eigenvalue weighted by Gasteiger charge is 2.34. The molecule has 1 aliphatic heterocycles. The second-order valence-electron chi connectivity index (χ2n) is 6.45. The number of H-pyrrole nitrogens is 1. The lowest BCUT2D eigenvalue weighted by Gasteiger charge is -2.34. The molecule has 23 heavy (non-hydrogen) atoms. The number of fused-ring (bicyclic) bond motifs is 1. The minimum atomic E-state index is -2.98. The van der Waals surface area contributed by atoms with Crippen LogP contribution in [0, 0.1) is 6.92 Å². The Kier molecular flexibility index (Phi) is 3.59. The third-order valence-electron chi connectivity index (χ3n) is 4.39. The summed E-state index contributed by atoms with van der Waals surface area (Å²) in [6.45, 7) is 3.56. The molecule has 0 unspecified atom stereocenters. The van der Waals surface area contributed by atoms with E-state index in [2.05, 4.69) is 10.4 Å². The van der Waals surface area contributed by atoms with Gasteiger partial charge in [-0.05, 0) is 32.8 Å². The summed E-state index contributed by atoms with van der Waals surface area (Å²) in [5.74, 6) is -0.130. The maximum absolute atomic E-state index is 12.4. The van der Waals surface area contributed by atoms with E-state index in [1.165, 1.54) is 6.07 Å². The van der Waals surface area contributed by atoms with Crippen molar-refractivity contribution < 1.29 is 13.2 Å². The molecule has 0 radical (unpaired) electrons. The smallest absolute Gasteiger partial charge is 0.269 e. The molecule has 7 nitrogen and oxygen atoms in total. The average molecular weight is 337 g/mol. The van der Waals surface area contributed by atoms with Crippen LogP contribution in [0.1, 0.15) is 35.8 Å². The van der Waals surface area contributed by atoms with Gasteiger partial charge in [-0.1, -0.05) is 0 Å². The molecular weight excluding hydrogens is 318 g/mol. The van der Waals surface area contributed by atoms with Crippen LogP contribution in [0.2, 0.25) is 0 Å².